The lowest BCUT2D eigenvalue weighted by Crippen LogP contribution is -2.20. The number of thiophene rings is 1. The van der Waals surface area contributed by atoms with E-state index >= 15 is 0 Å². The molecule has 0 amide bonds. The van der Waals surface area contributed by atoms with E-state index in [1.54, 1.807) is 11.3 Å². The van der Waals surface area contributed by atoms with E-state index in [9.17, 15) is 5.11 Å². The Hall–Kier alpha value is -1.65. The summed E-state index contributed by atoms with van der Waals surface area (Å²) in [6.45, 7) is 4.28. The summed E-state index contributed by atoms with van der Waals surface area (Å²) in [6.07, 6.45) is 0.500. The van der Waals surface area contributed by atoms with E-state index in [4.69, 9.17) is 5.11 Å². The molecule has 5 nitrogen and oxygen atoms in total. The molecule has 23 heavy (non-hydrogen) atoms. The van der Waals surface area contributed by atoms with Crippen molar-refractivity contribution in [2.75, 3.05) is 19.7 Å². The van der Waals surface area contributed by atoms with Crippen LogP contribution in [0.3, 0.4) is 0 Å². The Balaban J connectivity index is 1.56. The van der Waals surface area contributed by atoms with Gasteiger partial charge in [-0.1, -0.05) is 11.8 Å². The second-order valence-corrected chi connectivity index (χ2v) is 7.03. The van der Waals surface area contributed by atoms with E-state index in [2.05, 4.69) is 33.0 Å². The number of β-amino-alcohol motifs (C(OH)–C–C–N with tert-alkyl or cyclic N) is 1. The van der Waals surface area contributed by atoms with Gasteiger partial charge in [0.15, 0.2) is 0 Å². The van der Waals surface area contributed by atoms with Crippen LogP contribution in [0.4, 0.5) is 0 Å². The molecular formula is C17H21N3O2S. The molecule has 0 spiro atoms. The Labute approximate surface area is 140 Å². The number of aromatic amines is 1. The maximum atomic E-state index is 10.3. The summed E-state index contributed by atoms with van der Waals surface area (Å²) in [5.74, 6) is 5.81. The molecule has 0 aromatic carbocycles. The highest BCUT2D eigenvalue weighted by molar-refractivity contribution is 7.10. The third-order valence-corrected chi connectivity index (χ3v) is 4.98. The Morgan fingerprint density at radius 2 is 2.30 bits per heavy atom. The second kappa shape index (κ2) is 7.28. The number of hydrogen-bond donors (Lipinski definition) is 3. The van der Waals surface area contributed by atoms with Crippen LogP contribution in [0.15, 0.2) is 17.5 Å². The van der Waals surface area contributed by atoms with Crippen LogP contribution in [0.25, 0.3) is 0 Å². The SMILES string of the molecule is Cc1cc(C[C@@H]2CN(Cc3cc(C#CCO)cs3)C[C@H]2O)n[nH]1. The van der Waals surface area contributed by atoms with Gasteiger partial charge in [0.2, 0.25) is 0 Å². The van der Waals surface area contributed by atoms with Gasteiger partial charge < -0.3 is 10.2 Å². The summed E-state index contributed by atoms with van der Waals surface area (Å²) in [4.78, 5) is 3.51. The van der Waals surface area contributed by atoms with Crippen molar-refractivity contribution in [3.8, 4) is 11.8 Å². The van der Waals surface area contributed by atoms with Crippen LogP contribution in [0.1, 0.15) is 21.8 Å². The third kappa shape index (κ3) is 4.21. The van der Waals surface area contributed by atoms with Crippen molar-refractivity contribution in [1.29, 1.82) is 0 Å². The van der Waals surface area contributed by atoms with E-state index < -0.39 is 0 Å². The van der Waals surface area contributed by atoms with Crippen LogP contribution in [-0.2, 0) is 13.0 Å². The summed E-state index contributed by atoms with van der Waals surface area (Å²) in [6, 6.07) is 4.10. The van der Waals surface area contributed by atoms with Crippen LogP contribution in [0, 0.1) is 24.7 Å². The molecule has 2 aromatic rings. The predicted octanol–water partition coefficient (Wildman–Crippen LogP) is 1.16. The number of aliphatic hydroxyl groups is 2. The van der Waals surface area contributed by atoms with Gasteiger partial charge in [-0.3, -0.25) is 10.00 Å². The van der Waals surface area contributed by atoms with Crippen molar-refractivity contribution in [1.82, 2.24) is 15.1 Å². The van der Waals surface area contributed by atoms with E-state index in [0.717, 1.165) is 36.5 Å². The summed E-state index contributed by atoms with van der Waals surface area (Å²) < 4.78 is 0. The van der Waals surface area contributed by atoms with Crippen molar-refractivity contribution in [3.63, 3.8) is 0 Å². The minimum atomic E-state index is -0.305. The Bertz CT molecular complexity index is 713. The minimum absolute atomic E-state index is 0.113. The average Bonchev–Trinajstić information content (AvgIpc) is 3.21. The van der Waals surface area contributed by atoms with E-state index in [1.165, 1.54) is 4.88 Å². The van der Waals surface area contributed by atoms with E-state index in [-0.39, 0.29) is 18.6 Å². The number of aromatic nitrogens is 2. The fourth-order valence-corrected chi connectivity index (χ4v) is 3.87. The molecule has 0 saturated carbocycles. The van der Waals surface area contributed by atoms with Gasteiger partial charge in [-0.2, -0.15) is 5.10 Å². The molecule has 3 N–H and O–H groups in total. The first kappa shape index (κ1) is 16.2. The predicted molar refractivity (Wildman–Crippen MR) is 90.1 cm³/mol. The highest BCUT2D eigenvalue weighted by Gasteiger charge is 2.31. The number of aryl methyl sites for hydroxylation is 1. The fraction of sp³-hybridized carbons (Fsp3) is 0.471. The molecule has 3 heterocycles. The zero-order valence-corrected chi connectivity index (χ0v) is 13.9. The van der Waals surface area contributed by atoms with Crippen molar-refractivity contribution in [2.45, 2.75) is 26.0 Å². The molecule has 6 heteroatoms. The molecule has 2 atom stereocenters. The van der Waals surface area contributed by atoms with Gasteiger partial charge in [0, 0.05) is 47.1 Å². The van der Waals surface area contributed by atoms with Gasteiger partial charge >= 0.3 is 0 Å². The molecule has 1 aliphatic rings. The molecular weight excluding hydrogens is 310 g/mol. The third-order valence-electron chi connectivity index (χ3n) is 4.06. The van der Waals surface area contributed by atoms with Crippen molar-refractivity contribution < 1.29 is 10.2 Å². The van der Waals surface area contributed by atoms with Crippen molar-refractivity contribution in [2.24, 2.45) is 5.92 Å². The van der Waals surface area contributed by atoms with Gasteiger partial charge in [-0.05, 0) is 25.5 Å². The van der Waals surface area contributed by atoms with Crippen LogP contribution < -0.4 is 0 Å². The molecule has 1 saturated heterocycles. The zero-order chi connectivity index (χ0) is 16.2. The van der Waals surface area contributed by atoms with Gasteiger partial charge in [-0.25, -0.2) is 0 Å². The van der Waals surface area contributed by atoms with Crippen LogP contribution in [0.2, 0.25) is 0 Å². The number of aliphatic hydroxyl groups excluding tert-OH is 2. The lowest BCUT2D eigenvalue weighted by molar-refractivity contribution is 0.140. The van der Waals surface area contributed by atoms with Crippen LogP contribution in [-0.4, -0.2) is 51.1 Å². The number of rotatable bonds is 4. The monoisotopic (exact) mass is 331 g/mol. The number of likely N-dealkylation sites (tertiary alicyclic amines) is 1. The molecule has 2 aromatic heterocycles. The van der Waals surface area contributed by atoms with E-state index in [0.29, 0.717) is 6.54 Å². The first-order chi connectivity index (χ1) is 11.1. The van der Waals surface area contributed by atoms with Crippen LogP contribution >= 0.6 is 11.3 Å². The fourth-order valence-electron chi connectivity index (χ4n) is 3.01. The lowest BCUT2D eigenvalue weighted by atomic mass is 10.0. The number of nitrogens with zero attached hydrogens (tertiary/aromatic N) is 2. The van der Waals surface area contributed by atoms with E-state index in [1.807, 2.05) is 18.4 Å². The van der Waals surface area contributed by atoms with Gasteiger partial charge in [-0.15, -0.1) is 11.3 Å². The molecule has 3 rings (SSSR count). The second-order valence-electron chi connectivity index (χ2n) is 6.03. The largest absolute Gasteiger partial charge is 0.391 e. The Kier molecular flexibility index (Phi) is 5.13. The number of H-pyrrole nitrogens is 1. The molecule has 0 radical (unpaired) electrons. The normalized spacial score (nSPS) is 21.3. The maximum absolute atomic E-state index is 10.3. The summed E-state index contributed by atoms with van der Waals surface area (Å²) in [5.41, 5.74) is 3.02. The molecule has 122 valence electrons. The zero-order valence-electron chi connectivity index (χ0n) is 13.1. The minimum Gasteiger partial charge on any atom is -0.391 e. The molecule has 0 unspecified atom stereocenters. The summed E-state index contributed by atoms with van der Waals surface area (Å²) in [5, 5.41) is 28.3. The summed E-state index contributed by atoms with van der Waals surface area (Å²) in [7, 11) is 0. The average molecular weight is 331 g/mol. The van der Waals surface area contributed by atoms with Crippen molar-refractivity contribution in [3.05, 3.63) is 39.3 Å². The van der Waals surface area contributed by atoms with Crippen LogP contribution in [0.5, 0.6) is 0 Å². The Morgan fingerprint density at radius 3 is 3.04 bits per heavy atom. The summed E-state index contributed by atoms with van der Waals surface area (Å²) >= 11 is 1.67. The smallest absolute Gasteiger partial charge is 0.104 e. The number of hydrogen-bond acceptors (Lipinski definition) is 5. The highest BCUT2D eigenvalue weighted by atomic mass is 32.1. The quantitative estimate of drug-likeness (QED) is 0.735. The molecule has 0 aliphatic carbocycles. The topological polar surface area (TPSA) is 72.4 Å². The lowest BCUT2D eigenvalue weighted by Gasteiger charge is -2.13. The molecule has 1 fully saturated rings. The van der Waals surface area contributed by atoms with Gasteiger partial charge in [0.1, 0.15) is 6.61 Å². The van der Waals surface area contributed by atoms with Gasteiger partial charge in [0.25, 0.3) is 0 Å². The highest BCUT2D eigenvalue weighted by Crippen LogP contribution is 2.24. The first-order valence-electron chi connectivity index (χ1n) is 7.72. The maximum Gasteiger partial charge on any atom is 0.104 e. The number of nitrogens with one attached hydrogen (secondary N) is 1. The molecule has 1 aliphatic heterocycles. The van der Waals surface area contributed by atoms with Gasteiger partial charge in [0.05, 0.1) is 11.8 Å². The Morgan fingerprint density at radius 1 is 1.43 bits per heavy atom. The first-order valence-corrected chi connectivity index (χ1v) is 8.60. The van der Waals surface area contributed by atoms with Crippen molar-refractivity contribution >= 4 is 11.3 Å². The standard InChI is InChI=1S/C17H21N3O2S/c1-12-5-15(19-18-12)7-14-8-20(10-17(14)22)9-16-6-13(11-23-16)3-2-4-21/h5-6,11,14,17,21-22H,4,7-10H2,1H3,(H,18,19)/t14-,17-/m1/s1. The molecule has 0 bridgehead atoms.